The minimum Gasteiger partial charge on any atom is -0.481 e. The third-order valence-corrected chi connectivity index (χ3v) is 9.72. The van der Waals surface area contributed by atoms with E-state index in [0.29, 0.717) is 17.3 Å². The molecule has 0 bridgehead atoms. The van der Waals surface area contributed by atoms with E-state index >= 15 is 0 Å². The van der Waals surface area contributed by atoms with E-state index in [0.717, 1.165) is 42.4 Å². The van der Waals surface area contributed by atoms with Crippen LogP contribution < -0.4 is 0 Å². The van der Waals surface area contributed by atoms with Crippen molar-refractivity contribution in [3.63, 3.8) is 0 Å². The Kier molecular flexibility index (Phi) is 12.2. The van der Waals surface area contributed by atoms with E-state index in [-0.39, 0.29) is 0 Å². The molecule has 4 fully saturated rings. The zero-order valence-corrected chi connectivity index (χ0v) is 22.4. The lowest BCUT2D eigenvalue weighted by Crippen LogP contribution is -2.52. The van der Waals surface area contributed by atoms with Gasteiger partial charge < -0.3 is 5.11 Å². The van der Waals surface area contributed by atoms with Crippen LogP contribution in [0.15, 0.2) is 0 Å². The SMILES string of the molecule is CC.CC.CC.CC12CCCCC1CCC1C2CCC2(C)C(CCCC(=O)O)CCC12. The molecule has 7 unspecified atom stereocenters. The van der Waals surface area contributed by atoms with Gasteiger partial charge in [-0.15, -0.1) is 0 Å². The zero-order chi connectivity index (χ0) is 23.7. The van der Waals surface area contributed by atoms with E-state index in [1.807, 2.05) is 41.5 Å². The van der Waals surface area contributed by atoms with Crippen LogP contribution in [-0.4, -0.2) is 11.1 Å². The monoisotopic (exact) mass is 436 g/mol. The van der Waals surface area contributed by atoms with Gasteiger partial charge in [-0.05, 0) is 105 Å². The van der Waals surface area contributed by atoms with Gasteiger partial charge in [0.25, 0.3) is 0 Å². The molecule has 0 aliphatic heterocycles. The number of hydrogen-bond acceptors (Lipinski definition) is 1. The smallest absolute Gasteiger partial charge is 0.303 e. The predicted octanol–water partition coefficient (Wildman–Crippen LogP) is 9.37. The minimum atomic E-state index is -0.619. The molecule has 1 N–H and O–H groups in total. The highest BCUT2D eigenvalue weighted by Crippen LogP contribution is 2.67. The zero-order valence-electron chi connectivity index (χ0n) is 22.4. The Morgan fingerprint density at radius 2 is 1.42 bits per heavy atom. The summed E-state index contributed by atoms with van der Waals surface area (Å²) in [6.45, 7) is 17.2. The fourth-order valence-electron chi connectivity index (χ4n) is 8.38. The van der Waals surface area contributed by atoms with Gasteiger partial charge in [-0.2, -0.15) is 0 Å². The van der Waals surface area contributed by atoms with Crippen molar-refractivity contribution >= 4 is 5.97 Å². The van der Waals surface area contributed by atoms with E-state index in [9.17, 15) is 4.79 Å². The van der Waals surface area contributed by atoms with Crippen LogP contribution in [0.4, 0.5) is 0 Å². The lowest BCUT2D eigenvalue weighted by atomic mass is 9.45. The van der Waals surface area contributed by atoms with Crippen molar-refractivity contribution in [1.82, 2.24) is 0 Å². The van der Waals surface area contributed by atoms with E-state index < -0.39 is 5.97 Å². The van der Waals surface area contributed by atoms with Crippen molar-refractivity contribution in [3.8, 4) is 0 Å². The molecule has 4 aliphatic carbocycles. The molecule has 0 aromatic carbocycles. The van der Waals surface area contributed by atoms with Gasteiger partial charge in [-0.1, -0.05) is 68.2 Å². The van der Waals surface area contributed by atoms with E-state index in [1.165, 1.54) is 64.2 Å². The molecule has 0 heterocycles. The predicted molar refractivity (Wildman–Crippen MR) is 135 cm³/mol. The average molecular weight is 437 g/mol. The summed E-state index contributed by atoms with van der Waals surface area (Å²) in [7, 11) is 0. The number of rotatable bonds is 4. The first kappa shape index (κ1) is 28.5. The van der Waals surface area contributed by atoms with Crippen molar-refractivity contribution in [2.24, 2.45) is 40.4 Å². The van der Waals surface area contributed by atoms with Crippen molar-refractivity contribution < 1.29 is 9.90 Å². The molecule has 2 heteroatoms. The number of fused-ring (bicyclic) bond motifs is 5. The maximum atomic E-state index is 10.9. The molecule has 0 aromatic rings. The largest absolute Gasteiger partial charge is 0.481 e. The molecular weight excluding hydrogens is 380 g/mol. The van der Waals surface area contributed by atoms with Crippen molar-refractivity contribution in [2.45, 2.75) is 139 Å². The molecule has 0 saturated heterocycles. The molecule has 4 rings (SSSR count). The van der Waals surface area contributed by atoms with Crippen LogP contribution in [0.25, 0.3) is 0 Å². The molecule has 0 amide bonds. The summed E-state index contributed by atoms with van der Waals surface area (Å²) in [5, 5.41) is 8.98. The van der Waals surface area contributed by atoms with Gasteiger partial charge in [-0.25, -0.2) is 0 Å². The third kappa shape index (κ3) is 5.89. The van der Waals surface area contributed by atoms with Crippen molar-refractivity contribution in [3.05, 3.63) is 0 Å². The minimum absolute atomic E-state index is 0.364. The first-order valence-electron chi connectivity index (χ1n) is 14.2. The Morgan fingerprint density at radius 3 is 2.06 bits per heavy atom. The highest BCUT2D eigenvalue weighted by atomic mass is 16.4. The highest BCUT2D eigenvalue weighted by Gasteiger charge is 2.59. The Bertz CT molecular complexity index is 515. The van der Waals surface area contributed by atoms with Crippen molar-refractivity contribution in [1.29, 1.82) is 0 Å². The lowest BCUT2D eigenvalue weighted by molar-refractivity contribution is -0.137. The molecule has 184 valence electrons. The summed E-state index contributed by atoms with van der Waals surface area (Å²) in [5.41, 5.74) is 1.15. The molecule has 0 spiro atoms. The Labute approximate surface area is 195 Å². The summed E-state index contributed by atoms with van der Waals surface area (Å²) in [4.78, 5) is 10.9. The van der Waals surface area contributed by atoms with Crippen molar-refractivity contribution in [2.75, 3.05) is 0 Å². The highest BCUT2D eigenvalue weighted by molar-refractivity contribution is 5.66. The van der Waals surface area contributed by atoms with E-state index in [4.69, 9.17) is 5.11 Å². The van der Waals surface area contributed by atoms with Gasteiger partial charge in [0.1, 0.15) is 0 Å². The summed E-state index contributed by atoms with van der Waals surface area (Å²) < 4.78 is 0. The first-order valence-corrected chi connectivity index (χ1v) is 14.2. The number of aliphatic carboxylic acids is 1. The van der Waals surface area contributed by atoms with Crippen LogP contribution in [0.3, 0.4) is 0 Å². The molecule has 0 aromatic heterocycles. The number of carbonyl (C=O) groups is 1. The molecule has 0 radical (unpaired) electrons. The van der Waals surface area contributed by atoms with E-state index in [1.54, 1.807) is 0 Å². The second-order valence-electron chi connectivity index (χ2n) is 10.5. The lowest BCUT2D eigenvalue weighted by Gasteiger charge is -2.60. The standard InChI is InChI=1S/C23H38O2.3C2H6/c1-22-14-4-3-6-16(22)9-11-18-19-12-10-17(7-5-8-21(24)25)23(19,2)15-13-20(18)22;3*1-2/h16-20H,3-15H2,1-2H3,(H,24,25);3*1-2H3. The van der Waals surface area contributed by atoms with Crippen LogP contribution >= 0.6 is 0 Å². The van der Waals surface area contributed by atoms with Crippen LogP contribution in [0.2, 0.25) is 0 Å². The van der Waals surface area contributed by atoms with Gasteiger partial charge in [0.05, 0.1) is 0 Å². The second kappa shape index (κ2) is 13.2. The first-order chi connectivity index (χ1) is 14.9. The summed E-state index contributed by atoms with van der Waals surface area (Å²) in [5.74, 6) is 4.08. The molecule has 7 atom stereocenters. The normalized spacial score (nSPS) is 40.2. The van der Waals surface area contributed by atoms with Gasteiger partial charge >= 0.3 is 5.97 Å². The molecule has 4 aliphatic rings. The van der Waals surface area contributed by atoms with Crippen LogP contribution in [0, 0.1) is 40.4 Å². The molecule has 31 heavy (non-hydrogen) atoms. The fourth-order valence-corrected chi connectivity index (χ4v) is 8.38. The summed E-state index contributed by atoms with van der Waals surface area (Å²) >= 11 is 0. The van der Waals surface area contributed by atoms with Crippen LogP contribution in [0.5, 0.6) is 0 Å². The summed E-state index contributed by atoms with van der Waals surface area (Å²) in [6.07, 6.45) is 17.0. The van der Waals surface area contributed by atoms with E-state index in [2.05, 4.69) is 13.8 Å². The molecule has 2 nitrogen and oxygen atoms in total. The van der Waals surface area contributed by atoms with Crippen LogP contribution in [-0.2, 0) is 4.79 Å². The van der Waals surface area contributed by atoms with Gasteiger partial charge in [0, 0.05) is 6.42 Å². The topological polar surface area (TPSA) is 37.3 Å². The Hall–Kier alpha value is -0.530. The second-order valence-corrected chi connectivity index (χ2v) is 10.5. The third-order valence-electron chi connectivity index (χ3n) is 9.72. The summed E-state index contributed by atoms with van der Waals surface area (Å²) in [6, 6.07) is 0. The van der Waals surface area contributed by atoms with Gasteiger partial charge in [0.15, 0.2) is 0 Å². The maximum absolute atomic E-state index is 10.9. The van der Waals surface area contributed by atoms with Gasteiger partial charge in [0.2, 0.25) is 0 Å². The molecule has 4 saturated carbocycles. The van der Waals surface area contributed by atoms with Crippen LogP contribution in [0.1, 0.15) is 139 Å². The number of hydrogen-bond donors (Lipinski definition) is 1. The number of carboxylic acids is 1. The Morgan fingerprint density at radius 1 is 0.774 bits per heavy atom. The Balaban J connectivity index is 0.000000739. The quantitative estimate of drug-likeness (QED) is 0.476. The number of carboxylic acid groups (broad SMARTS) is 1. The average Bonchev–Trinajstić information content (AvgIpc) is 3.14. The fraction of sp³-hybridized carbons (Fsp3) is 0.966. The van der Waals surface area contributed by atoms with Gasteiger partial charge in [-0.3, -0.25) is 4.79 Å². The maximum Gasteiger partial charge on any atom is 0.303 e. The molecular formula is C29H56O2.